The Hall–Kier alpha value is -2.64. The van der Waals surface area contributed by atoms with Gasteiger partial charge in [-0.05, 0) is 29.2 Å². The summed E-state index contributed by atoms with van der Waals surface area (Å²) in [6, 6.07) is 15.8. The Morgan fingerprint density at radius 2 is 1.85 bits per heavy atom. The van der Waals surface area contributed by atoms with Crippen molar-refractivity contribution in [2.45, 2.75) is 39.2 Å². The molecule has 0 aliphatic carbocycles. The molecule has 7 heteroatoms. The second kappa shape index (κ2) is 11.0. The van der Waals surface area contributed by atoms with Gasteiger partial charge in [0.2, 0.25) is 0 Å². The number of hydrogen-bond acceptors (Lipinski definition) is 5. The molecule has 0 saturated carbocycles. The molecule has 0 aromatic heterocycles. The summed E-state index contributed by atoms with van der Waals surface area (Å²) in [6.07, 6.45) is -1.64. The molecule has 2 unspecified atom stereocenters. The van der Waals surface area contributed by atoms with Crippen LogP contribution in [0.5, 0.6) is 11.5 Å². The van der Waals surface area contributed by atoms with Gasteiger partial charge >= 0.3 is 0 Å². The number of fused-ring (bicyclic) bond motifs is 1. The largest absolute Gasteiger partial charge is 0.487 e. The van der Waals surface area contributed by atoms with Crippen molar-refractivity contribution in [2.24, 2.45) is 5.92 Å². The van der Waals surface area contributed by atoms with Crippen LogP contribution in [0.4, 0.5) is 4.39 Å². The van der Waals surface area contributed by atoms with E-state index in [-0.39, 0.29) is 19.1 Å². The lowest BCUT2D eigenvalue weighted by Gasteiger charge is -2.35. The van der Waals surface area contributed by atoms with Crippen molar-refractivity contribution in [3.8, 4) is 11.5 Å². The Morgan fingerprint density at radius 1 is 1.09 bits per heavy atom. The summed E-state index contributed by atoms with van der Waals surface area (Å²) < 4.78 is 30.6. The first-order valence-corrected chi connectivity index (χ1v) is 11.7. The minimum atomic E-state index is -1.15. The number of carbonyl (C=O) groups is 1. The maximum Gasteiger partial charge on any atom is 0.253 e. The molecule has 1 saturated heterocycles. The fourth-order valence-corrected chi connectivity index (χ4v) is 4.23. The van der Waals surface area contributed by atoms with Crippen LogP contribution in [0.15, 0.2) is 48.5 Å². The van der Waals surface area contributed by atoms with E-state index in [9.17, 15) is 9.18 Å². The molecule has 2 aliphatic rings. The number of morpholine rings is 1. The SMILES string of the molecule is CC(C)CN(Cc1ccc2c(c1)OCC(F)CO2)C(=O)C1CN(Cc2ccccc2)CCO1. The molecule has 0 radical (unpaired) electrons. The molecule has 1 fully saturated rings. The highest BCUT2D eigenvalue weighted by molar-refractivity contribution is 5.81. The van der Waals surface area contributed by atoms with E-state index in [1.165, 1.54) is 5.56 Å². The first-order chi connectivity index (χ1) is 16.0. The molecular weight excluding hydrogens is 423 g/mol. The molecule has 2 atom stereocenters. The number of hydrogen-bond donors (Lipinski definition) is 0. The molecule has 0 bridgehead atoms. The van der Waals surface area contributed by atoms with E-state index in [0.717, 1.165) is 18.7 Å². The van der Waals surface area contributed by atoms with Gasteiger partial charge in [0.1, 0.15) is 19.3 Å². The van der Waals surface area contributed by atoms with Gasteiger partial charge in [-0.25, -0.2) is 4.39 Å². The number of carbonyl (C=O) groups excluding carboxylic acids is 1. The Kier molecular flexibility index (Phi) is 7.83. The van der Waals surface area contributed by atoms with Gasteiger partial charge in [-0.2, -0.15) is 0 Å². The van der Waals surface area contributed by atoms with Gasteiger partial charge in [0.05, 0.1) is 6.61 Å². The normalized spacial score (nSPS) is 21.0. The van der Waals surface area contributed by atoms with E-state index in [4.69, 9.17) is 14.2 Å². The number of halogens is 1. The fourth-order valence-electron chi connectivity index (χ4n) is 4.23. The number of amides is 1. The van der Waals surface area contributed by atoms with Crippen LogP contribution in [-0.2, 0) is 22.6 Å². The molecule has 2 heterocycles. The van der Waals surface area contributed by atoms with Crippen molar-refractivity contribution in [1.29, 1.82) is 0 Å². The van der Waals surface area contributed by atoms with Crippen LogP contribution < -0.4 is 9.47 Å². The third-order valence-electron chi connectivity index (χ3n) is 5.79. The third kappa shape index (κ3) is 6.45. The van der Waals surface area contributed by atoms with Gasteiger partial charge in [-0.3, -0.25) is 9.69 Å². The highest BCUT2D eigenvalue weighted by Gasteiger charge is 2.31. The summed E-state index contributed by atoms with van der Waals surface area (Å²) >= 11 is 0. The molecule has 33 heavy (non-hydrogen) atoms. The van der Waals surface area contributed by atoms with Crippen LogP contribution in [0.25, 0.3) is 0 Å². The molecule has 0 spiro atoms. The molecule has 2 aliphatic heterocycles. The minimum Gasteiger partial charge on any atom is -0.487 e. The summed E-state index contributed by atoms with van der Waals surface area (Å²) in [5.74, 6) is 1.36. The van der Waals surface area contributed by atoms with E-state index in [2.05, 4.69) is 30.9 Å². The first kappa shape index (κ1) is 23.5. The molecule has 1 amide bonds. The van der Waals surface area contributed by atoms with E-state index in [1.54, 1.807) is 6.07 Å². The highest BCUT2D eigenvalue weighted by Crippen LogP contribution is 2.31. The molecule has 6 nitrogen and oxygen atoms in total. The summed E-state index contributed by atoms with van der Waals surface area (Å²) in [7, 11) is 0. The number of benzene rings is 2. The van der Waals surface area contributed by atoms with Crippen molar-refractivity contribution in [3.05, 3.63) is 59.7 Å². The predicted molar refractivity (Wildman–Crippen MR) is 124 cm³/mol. The zero-order chi connectivity index (χ0) is 23.2. The zero-order valence-corrected chi connectivity index (χ0v) is 19.4. The van der Waals surface area contributed by atoms with Crippen LogP contribution in [0.3, 0.4) is 0 Å². The molecule has 178 valence electrons. The summed E-state index contributed by atoms with van der Waals surface area (Å²) in [5, 5.41) is 0. The fraction of sp³-hybridized carbons (Fsp3) is 0.500. The number of ether oxygens (including phenoxy) is 3. The lowest BCUT2D eigenvalue weighted by molar-refractivity contribution is -0.151. The lowest BCUT2D eigenvalue weighted by Crippen LogP contribution is -2.51. The topological polar surface area (TPSA) is 51.2 Å². The quantitative estimate of drug-likeness (QED) is 0.636. The Morgan fingerprint density at radius 3 is 2.61 bits per heavy atom. The van der Waals surface area contributed by atoms with Crippen LogP contribution in [0.1, 0.15) is 25.0 Å². The van der Waals surface area contributed by atoms with E-state index in [1.807, 2.05) is 35.2 Å². The summed E-state index contributed by atoms with van der Waals surface area (Å²) in [4.78, 5) is 17.6. The predicted octanol–water partition coefficient (Wildman–Crippen LogP) is 3.68. The Balaban J connectivity index is 1.44. The molecular formula is C26H33FN2O4. The average Bonchev–Trinajstić information content (AvgIpc) is 3.00. The average molecular weight is 457 g/mol. The van der Waals surface area contributed by atoms with Gasteiger partial charge < -0.3 is 19.1 Å². The summed E-state index contributed by atoms with van der Waals surface area (Å²) in [5.41, 5.74) is 2.15. The van der Waals surface area contributed by atoms with Gasteiger partial charge in [0, 0.05) is 32.7 Å². The van der Waals surface area contributed by atoms with Crippen molar-refractivity contribution >= 4 is 5.91 Å². The number of nitrogens with zero attached hydrogens (tertiary/aromatic N) is 2. The second-order valence-corrected chi connectivity index (χ2v) is 9.19. The van der Waals surface area contributed by atoms with E-state index >= 15 is 0 Å². The van der Waals surface area contributed by atoms with Gasteiger partial charge in [-0.15, -0.1) is 0 Å². The zero-order valence-electron chi connectivity index (χ0n) is 19.4. The van der Waals surface area contributed by atoms with Crippen molar-refractivity contribution < 1.29 is 23.4 Å². The van der Waals surface area contributed by atoms with Crippen LogP contribution in [0.2, 0.25) is 0 Å². The molecule has 0 N–H and O–H groups in total. The standard InChI is InChI=1S/C26H33FN2O4/c1-19(2)13-29(15-21-8-9-23-24(12-21)33-18-22(27)17-32-23)26(30)25-16-28(10-11-31-25)14-20-6-4-3-5-7-20/h3-9,12,19,22,25H,10-11,13-18H2,1-2H3. The number of rotatable bonds is 7. The van der Waals surface area contributed by atoms with E-state index < -0.39 is 12.3 Å². The van der Waals surface area contributed by atoms with Crippen LogP contribution in [-0.4, -0.2) is 67.4 Å². The van der Waals surface area contributed by atoms with Crippen LogP contribution in [0, 0.1) is 5.92 Å². The first-order valence-electron chi connectivity index (χ1n) is 11.7. The Labute approximate surface area is 195 Å². The maximum atomic E-state index is 13.6. The van der Waals surface area contributed by atoms with Crippen molar-refractivity contribution in [2.75, 3.05) is 39.5 Å². The summed E-state index contributed by atoms with van der Waals surface area (Å²) in [6.45, 7) is 7.92. The maximum absolute atomic E-state index is 13.6. The third-order valence-corrected chi connectivity index (χ3v) is 5.79. The Bertz CT molecular complexity index is 924. The smallest absolute Gasteiger partial charge is 0.253 e. The van der Waals surface area contributed by atoms with Crippen molar-refractivity contribution in [3.63, 3.8) is 0 Å². The van der Waals surface area contributed by atoms with Gasteiger partial charge in [-0.1, -0.05) is 50.2 Å². The monoisotopic (exact) mass is 456 g/mol. The van der Waals surface area contributed by atoms with Crippen molar-refractivity contribution in [1.82, 2.24) is 9.80 Å². The van der Waals surface area contributed by atoms with Crippen LogP contribution >= 0.6 is 0 Å². The lowest BCUT2D eigenvalue weighted by atomic mass is 10.1. The molecule has 2 aromatic rings. The number of alkyl halides is 1. The second-order valence-electron chi connectivity index (χ2n) is 9.19. The molecule has 4 rings (SSSR count). The highest BCUT2D eigenvalue weighted by atomic mass is 19.1. The molecule has 2 aromatic carbocycles. The minimum absolute atomic E-state index is 0.00241. The van der Waals surface area contributed by atoms with Gasteiger partial charge in [0.25, 0.3) is 5.91 Å². The van der Waals surface area contributed by atoms with E-state index in [0.29, 0.717) is 43.7 Å². The van der Waals surface area contributed by atoms with Gasteiger partial charge in [0.15, 0.2) is 17.7 Å².